The Labute approximate surface area is 149 Å². The fraction of sp³-hybridized carbons (Fsp3) is 0.263. The van der Waals surface area contributed by atoms with Crippen molar-refractivity contribution in [2.75, 3.05) is 5.32 Å². The molecule has 2 N–H and O–H groups in total. The molecule has 26 heavy (non-hydrogen) atoms. The number of halogens is 3. The van der Waals surface area contributed by atoms with Gasteiger partial charge in [0, 0.05) is 18.2 Å². The van der Waals surface area contributed by atoms with Gasteiger partial charge in [-0.2, -0.15) is 13.2 Å². The lowest BCUT2D eigenvalue weighted by molar-refractivity contribution is -0.138. The molecule has 7 heteroatoms. The minimum Gasteiger partial charge on any atom is -0.348 e. The third-order valence-electron chi connectivity index (χ3n) is 3.68. The number of hydrogen-bond donors (Lipinski definition) is 2. The Morgan fingerprint density at radius 1 is 1.00 bits per heavy atom. The fourth-order valence-corrected chi connectivity index (χ4v) is 2.20. The zero-order valence-electron chi connectivity index (χ0n) is 14.4. The SMILES string of the molecule is CC(C)C(=O)Nc1ccc(CNC(=O)c2ccccc2C(F)(F)F)cc1. The monoisotopic (exact) mass is 364 g/mol. The Hall–Kier alpha value is -2.83. The molecule has 0 fully saturated rings. The first-order chi connectivity index (χ1) is 12.2. The van der Waals surface area contributed by atoms with E-state index in [1.54, 1.807) is 38.1 Å². The lowest BCUT2D eigenvalue weighted by atomic mass is 10.1. The van der Waals surface area contributed by atoms with Crippen LogP contribution in [0.2, 0.25) is 0 Å². The third-order valence-corrected chi connectivity index (χ3v) is 3.68. The van der Waals surface area contributed by atoms with Crippen LogP contribution >= 0.6 is 0 Å². The number of carbonyl (C=O) groups excluding carboxylic acids is 2. The summed E-state index contributed by atoms with van der Waals surface area (Å²) in [6.07, 6.45) is -4.59. The molecule has 2 amide bonds. The molecule has 0 spiro atoms. The predicted octanol–water partition coefficient (Wildman–Crippen LogP) is 4.23. The molecule has 0 saturated carbocycles. The van der Waals surface area contributed by atoms with Crippen molar-refractivity contribution in [2.24, 2.45) is 5.92 Å². The van der Waals surface area contributed by atoms with E-state index >= 15 is 0 Å². The average Bonchev–Trinajstić information content (AvgIpc) is 2.60. The van der Waals surface area contributed by atoms with Crippen molar-refractivity contribution < 1.29 is 22.8 Å². The summed E-state index contributed by atoms with van der Waals surface area (Å²) >= 11 is 0. The van der Waals surface area contributed by atoms with Gasteiger partial charge in [-0.05, 0) is 29.8 Å². The van der Waals surface area contributed by atoms with E-state index in [-0.39, 0.29) is 18.4 Å². The summed E-state index contributed by atoms with van der Waals surface area (Å²) in [5.74, 6) is -1.06. The molecule has 4 nitrogen and oxygen atoms in total. The van der Waals surface area contributed by atoms with Gasteiger partial charge >= 0.3 is 6.18 Å². The van der Waals surface area contributed by atoms with Crippen LogP contribution in [0.1, 0.15) is 35.3 Å². The highest BCUT2D eigenvalue weighted by molar-refractivity contribution is 5.96. The van der Waals surface area contributed by atoms with E-state index in [2.05, 4.69) is 10.6 Å². The number of hydrogen-bond acceptors (Lipinski definition) is 2. The van der Waals surface area contributed by atoms with Crippen LogP contribution in [-0.2, 0) is 17.5 Å². The normalized spacial score (nSPS) is 11.3. The number of alkyl halides is 3. The molecule has 0 aliphatic rings. The van der Waals surface area contributed by atoms with Gasteiger partial charge in [-0.15, -0.1) is 0 Å². The number of carbonyl (C=O) groups is 2. The van der Waals surface area contributed by atoms with Gasteiger partial charge in [-0.3, -0.25) is 9.59 Å². The molecule has 0 bridgehead atoms. The molecule has 0 atom stereocenters. The van der Waals surface area contributed by atoms with Crippen molar-refractivity contribution in [2.45, 2.75) is 26.6 Å². The van der Waals surface area contributed by atoms with Gasteiger partial charge in [0.1, 0.15) is 0 Å². The quantitative estimate of drug-likeness (QED) is 0.834. The molecule has 0 heterocycles. The molecule has 0 aromatic heterocycles. The minimum atomic E-state index is -4.59. The maximum atomic E-state index is 13.0. The fourth-order valence-electron chi connectivity index (χ4n) is 2.20. The first kappa shape index (κ1) is 19.5. The maximum Gasteiger partial charge on any atom is 0.417 e. The zero-order valence-corrected chi connectivity index (χ0v) is 14.4. The summed E-state index contributed by atoms with van der Waals surface area (Å²) < 4.78 is 38.9. The van der Waals surface area contributed by atoms with Gasteiger partial charge in [-0.1, -0.05) is 38.1 Å². The number of benzene rings is 2. The van der Waals surface area contributed by atoms with E-state index in [9.17, 15) is 22.8 Å². The zero-order chi connectivity index (χ0) is 19.3. The average molecular weight is 364 g/mol. The molecular formula is C19H19F3N2O2. The summed E-state index contributed by atoms with van der Waals surface area (Å²) in [5, 5.41) is 5.21. The van der Waals surface area contributed by atoms with Crippen molar-refractivity contribution in [3.05, 3.63) is 65.2 Å². The lowest BCUT2D eigenvalue weighted by Crippen LogP contribution is -2.25. The van der Waals surface area contributed by atoms with E-state index in [1.165, 1.54) is 12.1 Å². The Bertz CT molecular complexity index is 784. The van der Waals surface area contributed by atoms with Crippen LogP contribution < -0.4 is 10.6 Å². The van der Waals surface area contributed by atoms with E-state index in [1.807, 2.05) is 0 Å². The summed E-state index contributed by atoms with van der Waals surface area (Å²) in [4.78, 5) is 23.7. The van der Waals surface area contributed by atoms with E-state index in [0.29, 0.717) is 11.3 Å². The predicted molar refractivity (Wildman–Crippen MR) is 92.5 cm³/mol. The van der Waals surface area contributed by atoms with Gasteiger partial charge in [0.05, 0.1) is 11.1 Å². The molecule has 2 aromatic carbocycles. The Morgan fingerprint density at radius 2 is 1.62 bits per heavy atom. The molecule has 0 aliphatic carbocycles. The van der Waals surface area contributed by atoms with Crippen molar-refractivity contribution in [1.82, 2.24) is 5.32 Å². The molecule has 2 aromatic rings. The van der Waals surface area contributed by atoms with Crippen molar-refractivity contribution in [3.63, 3.8) is 0 Å². The summed E-state index contributed by atoms with van der Waals surface area (Å²) in [6, 6.07) is 11.4. The van der Waals surface area contributed by atoms with Gasteiger partial charge in [0.25, 0.3) is 5.91 Å². The van der Waals surface area contributed by atoms with E-state index in [0.717, 1.165) is 12.1 Å². The van der Waals surface area contributed by atoms with Crippen LogP contribution in [0.4, 0.5) is 18.9 Å². The Morgan fingerprint density at radius 3 is 2.19 bits per heavy atom. The third kappa shape index (κ3) is 5.08. The summed E-state index contributed by atoms with van der Waals surface area (Å²) in [6.45, 7) is 3.62. The van der Waals surface area contributed by atoms with Crippen molar-refractivity contribution in [1.29, 1.82) is 0 Å². The summed E-state index contributed by atoms with van der Waals surface area (Å²) in [7, 11) is 0. The molecule has 138 valence electrons. The molecular weight excluding hydrogens is 345 g/mol. The highest BCUT2D eigenvalue weighted by atomic mass is 19.4. The second-order valence-corrected chi connectivity index (χ2v) is 6.07. The smallest absolute Gasteiger partial charge is 0.348 e. The van der Waals surface area contributed by atoms with Crippen LogP contribution in [0.5, 0.6) is 0 Å². The van der Waals surface area contributed by atoms with Crippen molar-refractivity contribution in [3.8, 4) is 0 Å². The van der Waals surface area contributed by atoms with Crippen LogP contribution in [0.15, 0.2) is 48.5 Å². The second-order valence-electron chi connectivity index (χ2n) is 6.07. The standard InChI is InChI=1S/C19H19F3N2O2/c1-12(2)17(25)24-14-9-7-13(8-10-14)11-23-18(26)15-5-3-4-6-16(15)19(20,21)22/h3-10,12H,11H2,1-2H3,(H,23,26)(H,24,25). The molecule has 0 unspecified atom stereocenters. The Balaban J connectivity index is 2.01. The van der Waals surface area contributed by atoms with Gasteiger partial charge < -0.3 is 10.6 Å². The van der Waals surface area contributed by atoms with E-state index < -0.39 is 23.2 Å². The largest absolute Gasteiger partial charge is 0.417 e. The summed E-state index contributed by atoms with van der Waals surface area (Å²) in [5.41, 5.74) is -0.0726. The molecule has 0 aliphatic heterocycles. The molecule has 2 rings (SSSR count). The van der Waals surface area contributed by atoms with Crippen LogP contribution in [-0.4, -0.2) is 11.8 Å². The topological polar surface area (TPSA) is 58.2 Å². The van der Waals surface area contributed by atoms with Gasteiger partial charge in [0.15, 0.2) is 0 Å². The van der Waals surface area contributed by atoms with Crippen molar-refractivity contribution >= 4 is 17.5 Å². The van der Waals surface area contributed by atoms with Crippen LogP contribution in [0, 0.1) is 5.92 Å². The number of anilines is 1. The maximum absolute atomic E-state index is 13.0. The van der Waals surface area contributed by atoms with Gasteiger partial charge in [-0.25, -0.2) is 0 Å². The number of amides is 2. The molecule has 0 saturated heterocycles. The van der Waals surface area contributed by atoms with Gasteiger partial charge in [0.2, 0.25) is 5.91 Å². The second kappa shape index (κ2) is 8.03. The number of rotatable bonds is 5. The first-order valence-electron chi connectivity index (χ1n) is 8.02. The Kier molecular flexibility index (Phi) is 6.02. The first-order valence-corrected chi connectivity index (χ1v) is 8.02. The van der Waals surface area contributed by atoms with E-state index in [4.69, 9.17) is 0 Å². The van der Waals surface area contributed by atoms with Crippen LogP contribution in [0.25, 0.3) is 0 Å². The lowest BCUT2D eigenvalue weighted by Gasteiger charge is -2.13. The highest BCUT2D eigenvalue weighted by Gasteiger charge is 2.34. The number of nitrogens with one attached hydrogen (secondary N) is 2. The minimum absolute atomic E-state index is 0.0728. The molecule has 0 radical (unpaired) electrons. The highest BCUT2D eigenvalue weighted by Crippen LogP contribution is 2.31. The van der Waals surface area contributed by atoms with Crippen LogP contribution in [0.3, 0.4) is 0 Å².